The number of carbonyl (C=O) groups is 1. The number of rotatable bonds is 1. The molecule has 17 heavy (non-hydrogen) atoms. The second-order valence-corrected chi connectivity index (χ2v) is 4.49. The third-order valence-corrected chi connectivity index (χ3v) is 3.42. The van der Waals surface area contributed by atoms with E-state index in [1.54, 1.807) is 11.0 Å². The first kappa shape index (κ1) is 10.7. The van der Waals surface area contributed by atoms with Gasteiger partial charge in [0, 0.05) is 13.2 Å². The molecule has 1 unspecified atom stereocenters. The molecule has 2 heterocycles. The number of ether oxygens (including phenoxy) is 1. The Morgan fingerprint density at radius 2 is 2.35 bits per heavy atom. The highest BCUT2D eigenvalue weighted by Gasteiger charge is 2.34. The summed E-state index contributed by atoms with van der Waals surface area (Å²) in [5.41, 5.74) is 1.37. The summed E-state index contributed by atoms with van der Waals surface area (Å²) in [6.07, 6.45) is 2.01. The van der Waals surface area contributed by atoms with Crippen molar-refractivity contribution in [1.82, 2.24) is 0 Å². The number of hydrogen-bond donors (Lipinski definition) is 0. The zero-order valence-corrected chi connectivity index (χ0v) is 9.49. The van der Waals surface area contributed by atoms with Gasteiger partial charge in [0.25, 0.3) is 5.91 Å². The van der Waals surface area contributed by atoms with E-state index in [1.165, 1.54) is 6.07 Å². The van der Waals surface area contributed by atoms with Crippen LogP contribution in [-0.2, 0) is 16.0 Å². The largest absolute Gasteiger partial charge is 0.368 e. The van der Waals surface area contributed by atoms with Crippen molar-refractivity contribution in [3.8, 4) is 0 Å². The molecule has 1 atom stereocenters. The highest BCUT2D eigenvalue weighted by Crippen LogP contribution is 2.32. The molecule has 0 N–H and O–H groups in total. The molecule has 90 valence electrons. The minimum atomic E-state index is -0.374. The Kier molecular flexibility index (Phi) is 2.59. The maximum atomic E-state index is 13.8. The third kappa shape index (κ3) is 1.72. The Balaban J connectivity index is 1.90. The van der Waals surface area contributed by atoms with E-state index in [0.29, 0.717) is 18.8 Å². The number of anilines is 1. The number of benzene rings is 1. The van der Waals surface area contributed by atoms with Gasteiger partial charge >= 0.3 is 0 Å². The molecule has 0 radical (unpaired) electrons. The van der Waals surface area contributed by atoms with Crippen LogP contribution < -0.4 is 4.90 Å². The predicted molar refractivity (Wildman–Crippen MR) is 61.4 cm³/mol. The minimum Gasteiger partial charge on any atom is -0.368 e. The molecular formula is C13H14FNO2. The Labute approximate surface area is 99.2 Å². The molecule has 0 bridgehead atoms. The van der Waals surface area contributed by atoms with Crippen molar-refractivity contribution >= 4 is 11.6 Å². The van der Waals surface area contributed by atoms with Crippen LogP contribution in [0.3, 0.4) is 0 Å². The van der Waals surface area contributed by atoms with Crippen molar-refractivity contribution < 1.29 is 13.9 Å². The average molecular weight is 235 g/mol. The summed E-state index contributed by atoms with van der Waals surface area (Å²) in [7, 11) is 0. The molecule has 3 rings (SSSR count). The van der Waals surface area contributed by atoms with Crippen LogP contribution in [0, 0.1) is 5.82 Å². The summed E-state index contributed by atoms with van der Waals surface area (Å²) < 4.78 is 19.1. The van der Waals surface area contributed by atoms with Gasteiger partial charge in [0.05, 0.1) is 5.69 Å². The molecule has 1 aromatic carbocycles. The SMILES string of the molecule is O=C(C1CCCO1)N1CCc2cccc(F)c21. The maximum absolute atomic E-state index is 13.8. The highest BCUT2D eigenvalue weighted by molar-refractivity contribution is 5.98. The van der Waals surface area contributed by atoms with Gasteiger partial charge in [0.2, 0.25) is 0 Å². The van der Waals surface area contributed by atoms with E-state index in [1.807, 2.05) is 6.07 Å². The van der Waals surface area contributed by atoms with E-state index in [0.717, 1.165) is 24.8 Å². The minimum absolute atomic E-state index is 0.0913. The molecule has 0 aliphatic carbocycles. The summed E-state index contributed by atoms with van der Waals surface area (Å²) >= 11 is 0. The van der Waals surface area contributed by atoms with Crippen molar-refractivity contribution in [3.05, 3.63) is 29.6 Å². The number of hydrogen-bond acceptors (Lipinski definition) is 2. The van der Waals surface area contributed by atoms with Gasteiger partial charge < -0.3 is 9.64 Å². The molecule has 2 aliphatic heterocycles. The standard InChI is InChI=1S/C13H14FNO2/c14-10-4-1-3-9-6-7-15(12(9)10)13(16)11-5-2-8-17-11/h1,3-4,11H,2,5-8H2. The van der Waals surface area contributed by atoms with Crippen LogP contribution in [0.4, 0.5) is 10.1 Å². The molecular weight excluding hydrogens is 221 g/mol. The number of halogens is 1. The first-order chi connectivity index (χ1) is 8.27. The van der Waals surface area contributed by atoms with E-state index < -0.39 is 0 Å². The van der Waals surface area contributed by atoms with Gasteiger partial charge in [-0.3, -0.25) is 4.79 Å². The highest BCUT2D eigenvalue weighted by atomic mass is 19.1. The van der Waals surface area contributed by atoms with E-state index in [-0.39, 0.29) is 17.8 Å². The fourth-order valence-electron chi connectivity index (χ4n) is 2.57. The monoisotopic (exact) mass is 235 g/mol. The molecule has 1 amide bonds. The third-order valence-electron chi connectivity index (χ3n) is 3.42. The Bertz CT molecular complexity index is 455. The fourth-order valence-corrected chi connectivity index (χ4v) is 2.57. The van der Waals surface area contributed by atoms with Crippen LogP contribution in [0.15, 0.2) is 18.2 Å². The van der Waals surface area contributed by atoms with Crippen molar-refractivity contribution in [2.45, 2.75) is 25.4 Å². The lowest BCUT2D eigenvalue weighted by Gasteiger charge is -2.21. The van der Waals surface area contributed by atoms with Crippen LogP contribution in [-0.4, -0.2) is 25.2 Å². The van der Waals surface area contributed by atoms with Gasteiger partial charge in [-0.1, -0.05) is 12.1 Å². The number of fused-ring (bicyclic) bond motifs is 1. The molecule has 1 aromatic rings. The molecule has 2 aliphatic rings. The zero-order chi connectivity index (χ0) is 11.8. The van der Waals surface area contributed by atoms with Crippen molar-refractivity contribution in [1.29, 1.82) is 0 Å². The van der Waals surface area contributed by atoms with Crippen LogP contribution in [0.2, 0.25) is 0 Å². The molecule has 0 aromatic heterocycles. The summed E-state index contributed by atoms with van der Waals surface area (Å²) in [6.45, 7) is 1.20. The molecule has 3 nitrogen and oxygen atoms in total. The molecule has 4 heteroatoms. The Morgan fingerprint density at radius 3 is 3.12 bits per heavy atom. The van der Waals surface area contributed by atoms with Crippen molar-refractivity contribution in [3.63, 3.8) is 0 Å². The normalized spacial score (nSPS) is 22.9. The zero-order valence-electron chi connectivity index (χ0n) is 9.49. The number of para-hydroxylation sites is 1. The van der Waals surface area contributed by atoms with Gasteiger partial charge in [-0.05, 0) is 30.9 Å². The molecule has 0 spiro atoms. The van der Waals surface area contributed by atoms with E-state index >= 15 is 0 Å². The summed E-state index contributed by atoms with van der Waals surface area (Å²) in [6, 6.07) is 4.97. The number of carbonyl (C=O) groups excluding carboxylic acids is 1. The lowest BCUT2D eigenvalue weighted by molar-refractivity contribution is -0.127. The summed E-state index contributed by atoms with van der Waals surface area (Å²) in [5.74, 6) is -0.405. The van der Waals surface area contributed by atoms with E-state index in [4.69, 9.17) is 4.74 Å². The van der Waals surface area contributed by atoms with Crippen LogP contribution in [0.1, 0.15) is 18.4 Å². The smallest absolute Gasteiger partial charge is 0.256 e. The van der Waals surface area contributed by atoms with Crippen LogP contribution in [0.5, 0.6) is 0 Å². The topological polar surface area (TPSA) is 29.5 Å². The number of amides is 1. The summed E-state index contributed by atoms with van der Waals surface area (Å²) in [5, 5.41) is 0. The first-order valence-electron chi connectivity index (χ1n) is 5.98. The van der Waals surface area contributed by atoms with E-state index in [9.17, 15) is 9.18 Å². The van der Waals surface area contributed by atoms with Crippen molar-refractivity contribution in [2.24, 2.45) is 0 Å². The second-order valence-electron chi connectivity index (χ2n) is 4.49. The summed E-state index contributed by atoms with van der Waals surface area (Å²) in [4.78, 5) is 13.7. The van der Waals surface area contributed by atoms with Gasteiger partial charge in [-0.15, -0.1) is 0 Å². The van der Waals surface area contributed by atoms with Crippen LogP contribution in [0.25, 0.3) is 0 Å². The second kappa shape index (κ2) is 4.11. The lowest BCUT2D eigenvalue weighted by atomic mass is 10.1. The molecule has 0 saturated carbocycles. The first-order valence-corrected chi connectivity index (χ1v) is 5.98. The maximum Gasteiger partial charge on any atom is 0.256 e. The Morgan fingerprint density at radius 1 is 1.47 bits per heavy atom. The van der Waals surface area contributed by atoms with Gasteiger partial charge in [0.1, 0.15) is 11.9 Å². The van der Waals surface area contributed by atoms with Gasteiger partial charge in [-0.25, -0.2) is 4.39 Å². The number of nitrogens with zero attached hydrogens (tertiary/aromatic N) is 1. The predicted octanol–water partition coefficient (Wildman–Crippen LogP) is 1.89. The Hall–Kier alpha value is -1.42. The fraction of sp³-hybridized carbons (Fsp3) is 0.462. The van der Waals surface area contributed by atoms with Crippen LogP contribution >= 0.6 is 0 Å². The van der Waals surface area contributed by atoms with Gasteiger partial charge in [0.15, 0.2) is 0 Å². The molecule has 1 fully saturated rings. The lowest BCUT2D eigenvalue weighted by Crippen LogP contribution is -2.38. The van der Waals surface area contributed by atoms with Gasteiger partial charge in [-0.2, -0.15) is 0 Å². The van der Waals surface area contributed by atoms with Crippen molar-refractivity contribution in [2.75, 3.05) is 18.1 Å². The quantitative estimate of drug-likeness (QED) is 0.744. The molecule has 1 saturated heterocycles. The average Bonchev–Trinajstić information content (AvgIpc) is 2.98. The van der Waals surface area contributed by atoms with E-state index in [2.05, 4.69) is 0 Å².